The van der Waals surface area contributed by atoms with Gasteiger partial charge < -0.3 is 18.3 Å². The molecule has 1 aliphatic rings. The Morgan fingerprint density at radius 3 is 1.43 bits per heavy atom. The van der Waals surface area contributed by atoms with Crippen LogP contribution in [0.25, 0.3) is 11.5 Å². The summed E-state index contributed by atoms with van der Waals surface area (Å²) in [5, 5.41) is 0. The predicted molar refractivity (Wildman–Crippen MR) is 105 cm³/mol. The molecule has 0 unspecified atom stereocenters. The molecule has 0 bridgehead atoms. The molecular formula is C22H20O8. The first-order valence-corrected chi connectivity index (χ1v) is 9.34. The van der Waals surface area contributed by atoms with Gasteiger partial charge in [0.05, 0.1) is 35.5 Å². The van der Waals surface area contributed by atoms with Gasteiger partial charge in [0.1, 0.15) is 35.6 Å². The Balaban J connectivity index is 2.27. The van der Waals surface area contributed by atoms with Crippen molar-refractivity contribution >= 4 is 35.7 Å². The maximum absolute atomic E-state index is 13.3. The number of aldehydes is 2. The number of aryl methyl sites for hydroxylation is 2. The molecule has 0 amide bonds. The fourth-order valence-corrected chi connectivity index (χ4v) is 3.50. The molecule has 30 heavy (non-hydrogen) atoms. The number of carbonyl (C=O) groups excluding carboxylic acids is 4. The number of ether oxygens (including phenoxy) is 2. The van der Waals surface area contributed by atoms with E-state index in [0.717, 1.165) is 12.2 Å². The Morgan fingerprint density at radius 2 is 1.13 bits per heavy atom. The summed E-state index contributed by atoms with van der Waals surface area (Å²) in [6.07, 6.45) is 3.37. The Hall–Kier alpha value is -3.68. The molecule has 3 rings (SSSR count). The van der Waals surface area contributed by atoms with Crippen LogP contribution in [-0.4, -0.2) is 37.4 Å². The van der Waals surface area contributed by atoms with Crippen LogP contribution in [0, 0.1) is 13.8 Å². The van der Waals surface area contributed by atoms with E-state index < -0.39 is 11.6 Å². The molecule has 1 aliphatic carbocycles. The second kappa shape index (κ2) is 8.36. The lowest BCUT2D eigenvalue weighted by Gasteiger charge is -2.13. The largest absolute Gasteiger partial charge is 0.493 e. The van der Waals surface area contributed by atoms with Crippen molar-refractivity contribution in [2.75, 3.05) is 13.2 Å². The van der Waals surface area contributed by atoms with Crippen LogP contribution in [0.15, 0.2) is 21.0 Å². The van der Waals surface area contributed by atoms with Crippen molar-refractivity contribution in [3.05, 3.63) is 57.4 Å². The number of rotatable bonds is 8. The van der Waals surface area contributed by atoms with Gasteiger partial charge in [-0.1, -0.05) is 0 Å². The van der Waals surface area contributed by atoms with Gasteiger partial charge >= 0.3 is 0 Å². The van der Waals surface area contributed by atoms with Crippen molar-refractivity contribution in [2.24, 2.45) is 0 Å². The lowest BCUT2D eigenvalue weighted by atomic mass is 9.88. The first-order valence-electron chi connectivity index (χ1n) is 9.34. The van der Waals surface area contributed by atoms with Gasteiger partial charge in [-0.2, -0.15) is 0 Å². The van der Waals surface area contributed by atoms with Crippen LogP contribution in [0.3, 0.4) is 0 Å². The average molecular weight is 412 g/mol. The van der Waals surface area contributed by atoms with Gasteiger partial charge in [-0.15, -0.1) is 0 Å². The van der Waals surface area contributed by atoms with Crippen molar-refractivity contribution in [1.82, 2.24) is 0 Å². The number of hydrogen-bond acceptors (Lipinski definition) is 8. The lowest BCUT2D eigenvalue weighted by Crippen LogP contribution is -2.20. The second-order valence-electron chi connectivity index (χ2n) is 6.33. The average Bonchev–Trinajstić information content (AvgIpc) is 3.23. The minimum atomic E-state index is -0.584. The summed E-state index contributed by atoms with van der Waals surface area (Å²) < 4.78 is 22.2. The lowest BCUT2D eigenvalue weighted by molar-refractivity contribution is -0.104. The van der Waals surface area contributed by atoms with Crippen LogP contribution >= 0.6 is 0 Å². The molecule has 0 aromatic carbocycles. The molecule has 2 aromatic rings. The molecule has 8 nitrogen and oxygen atoms in total. The molecule has 8 heteroatoms. The van der Waals surface area contributed by atoms with Crippen LogP contribution in [0.4, 0.5) is 0 Å². The maximum Gasteiger partial charge on any atom is 0.233 e. The van der Waals surface area contributed by atoms with Gasteiger partial charge in [0.2, 0.25) is 11.6 Å². The summed E-state index contributed by atoms with van der Waals surface area (Å²) in [5.74, 6) is -0.780. The van der Waals surface area contributed by atoms with E-state index in [2.05, 4.69) is 0 Å². The van der Waals surface area contributed by atoms with Gasteiger partial charge in [0, 0.05) is 12.2 Å². The summed E-state index contributed by atoms with van der Waals surface area (Å²) in [7, 11) is 0. The standard InChI is InChI=1S/C22H20O8/c1-5-27-13(7-9-23)15-11(3)29-21-17(15)19(25)22-18(20(21)26)16(12(4)30-22)14(8-10-24)28-6-2/h7-10H,5-6H2,1-4H3/b13-7-,14-8-. The van der Waals surface area contributed by atoms with Crippen molar-refractivity contribution in [3.8, 4) is 0 Å². The van der Waals surface area contributed by atoms with Crippen LogP contribution in [-0.2, 0) is 19.1 Å². The van der Waals surface area contributed by atoms with Crippen molar-refractivity contribution in [3.63, 3.8) is 0 Å². The monoisotopic (exact) mass is 412 g/mol. The maximum atomic E-state index is 13.3. The molecule has 0 saturated carbocycles. The number of carbonyl (C=O) groups is 4. The third-order valence-corrected chi connectivity index (χ3v) is 4.57. The molecule has 156 valence electrons. The molecule has 0 N–H and O–H groups in total. The number of hydrogen-bond donors (Lipinski definition) is 0. The van der Waals surface area contributed by atoms with Crippen LogP contribution in [0.2, 0.25) is 0 Å². The van der Waals surface area contributed by atoms with E-state index in [9.17, 15) is 19.2 Å². The molecule has 0 spiro atoms. The van der Waals surface area contributed by atoms with Gasteiger partial charge in [0.15, 0.2) is 11.5 Å². The first-order chi connectivity index (χ1) is 14.4. The van der Waals surface area contributed by atoms with Gasteiger partial charge in [-0.3, -0.25) is 19.2 Å². The highest BCUT2D eigenvalue weighted by atomic mass is 16.5. The number of allylic oxidation sites excluding steroid dienone is 2. The summed E-state index contributed by atoms with van der Waals surface area (Å²) in [6, 6.07) is 0. The predicted octanol–water partition coefficient (Wildman–Crippen LogP) is 3.42. The van der Waals surface area contributed by atoms with Gasteiger partial charge in [-0.25, -0.2) is 0 Å². The summed E-state index contributed by atoms with van der Waals surface area (Å²) in [4.78, 5) is 48.7. The zero-order valence-electron chi connectivity index (χ0n) is 17.0. The van der Waals surface area contributed by atoms with E-state index in [-0.39, 0.29) is 70.0 Å². The number of furan rings is 2. The Kier molecular flexibility index (Phi) is 5.86. The molecule has 0 radical (unpaired) electrons. The zero-order chi connectivity index (χ0) is 22.0. The summed E-state index contributed by atoms with van der Waals surface area (Å²) >= 11 is 0. The van der Waals surface area contributed by atoms with E-state index in [0.29, 0.717) is 12.6 Å². The molecule has 2 heterocycles. The van der Waals surface area contributed by atoms with Crippen molar-refractivity contribution < 1.29 is 37.5 Å². The fourth-order valence-electron chi connectivity index (χ4n) is 3.50. The highest BCUT2D eigenvalue weighted by Gasteiger charge is 2.43. The number of fused-ring (bicyclic) bond motifs is 2. The smallest absolute Gasteiger partial charge is 0.233 e. The third-order valence-electron chi connectivity index (χ3n) is 4.57. The molecule has 0 atom stereocenters. The van der Waals surface area contributed by atoms with E-state index in [1.54, 1.807) is 27.7 Å². The van der Waals surface area contributed by atoms with E-state index >= 15 is 0 Å². The Morgan fingerprint density at radius 1 is 0.767 bits per heavy atom. The molecule has 0 aliphatic heterocycles. The third kappa shape index (κ3) is 3.20. The van der Waals surface area contributed by atoms with Gasteiger partial charge in [-0.05, 0) is 27.7 Å². The zero-order valence-corrected chi connectivity index (χ0v) is 17.0. The molecule has 0 fully saturated rings. The molecule has 0 saturated heterocycles. The first kappa shape index (κ1) is 21.0. The minimum absolute atomic E-state index is 0.0239. The van der Waals surface area contributed by atoms with E-state index in [4.69, 9.17) is 18.3 Å². The van der Waals surface area contributed by atoms with Crippen molar-refractivity contribution in [2.45, 2.75) is 27.7 Å². The quantitative estimate of drug-likeness (QED) is 0.314. The van der Waals surface area contributed by atoms with E-state index in [1.807, 2.05) is 0 Å². The minimum Gasteiger partial charge on any atom is -0.493 e. The van der Waals surface area contributed by atoms with Crippen LogP contribution < -0.4 is 0 Å². The topological polar surface area (TPSA) is 113 Å². The highest BCUT2D eigenvalue weighted by molar-refractivity contribution is 6.29. The Labute approximate surface area is 172 Å². The fraction of sp³-hybridized carbons (Fsp3) is 0.273. The van der Waals surface area contributed by atoms with Crippen LogP contribution in [0.5, 0.6) is 0 Å². The van der Waals surface area contributed by atoms with Crippen molar-refractivity contribution in [1.29, 1.82) is 0 Å². The Bertz CT molecular complexity index is 1020. The highest BCUT2D eigenvalue weighted by Crippen LogP contribution is 2.41. The van der Waals surface area contributed by atoms with Crippen LogP contribution in [0.1, 0.15) is 68.7 Å². The molecular weight excluding hydrogens is 392 g/mol. The molecule has 2 aromatic heterocycles. The summed E-state index contributed by atoms with van der Waals surface area (Å²) in [5.41, 5.74) is 0.410. The second-order valence-corrected chi connectivity index (χ2v) is 6.33. The normalized spacial score (nSPS) is 13.7. The number of ketones is 2. The van der Waals surface area contributed by atoms with E-state index in [1.165, 1.54) is 0 Å². The SMILES string of the molecule is CCO/C(=C\C=O)c1c(C)oc2c1C(=O)c1oc(C)c(/C(=C/C=O)OCC)c1C2=O. The summed E-state index contributed by atoms with van der Waals surface area (Å²) in [6.45, 7) is 7.07. The van der Waals surface area contributed by atoms with Gasteiger partial charge in [0.25, 0.3) is 0 Å².